The monoisotopic (exact) mass is 434 g/mol. The minimum absolute atomic E-state index is 0.0230. The van der Waals surface area contributed by atoms with Crippen LogP contribution < -0.4 is 33.2 Å². The molecule has 0 heterocycles. The maximum absolute atomic E-state index is 12.6. The zero-order valence-electron chi connectivity index (χ0n) is 16.1. The molecule has 0 aliphatic heterocycles. The number of aliphatic carboxylic acids is 1. The molecule has 13 heteroatoms. The topological polar surface area (TPSA) is 220 Å². The Hall–Kier alpha value is -2.38. The number of thiol groups is 1. The maximum atomic E-state index is 12.6. The number of amides is 4. The van der Waals surface area contributed by atoms with Crippen molar-refractivity contribution in [3.8, 4) is 0 Å². The number of carbonyl (C=O) groups is 5. The molecule has 3 unspecified atom stereocenters. The average Bonchev–Trinajstić information content (AvgIpc) is 2.67. The highest BCUT2D eigenvalue weighted by Crippen LogP contribution is 2.04. The summed E-state index contributed by atoms with van der Waals surface area (Å²) < 4.78 is 0. The van der Waals surface area contributed by atoms with Gasteiger partial charge in [0.05, 0.1) is 6.04 Å². The van der Waals surface area contributed by atoms with Crippen molar-refractivity contribution in [1.29, 1.82) is 0 Å². The van der Waals surface area contributed by atoms with Crippen molar-refractivity contribution in [2.75, 3.05) is 18.8 Å². The van der Waals surface area contributed by atoms with Crippen LogP contribution in [-0.4, -0.2) is 71.7 Å². The number of hydrogen-bond donors (Lipinski definition) is 8. The highest BCUT2D eigenvalue weighted by Gasteiger charge is 2.27. The molecule has 0 bridgehead atoms. The van der Waals surface area contributed by atoms with Gasteiger partial charge >= 0.3 is 5.97 Å². The van der Waals surface area contributed by atoms with Gasteiger partial charge in [-0.1, -0.05) is 0 Å². The highest BCUT2D eigenvalue weighted by atomic mass is 32.1. The summed E-state index contributed by atoms with van der Waals surface area (Å²) in [6.07, 6.45) is 1.33. The predicted octanol–water partition coefficient (Wildman–Crippen LogP) is -3.19. The molecule has 0 aromatic rings. The lowest BCUT2D eigenvalue weighted by molar-refractivity contribution is -0.138. The van der Waals surface area contributed by atoms with Gasteiger partial charge < -0.3 is 38.3 Å². The van der Waals surface area contributed by atoms with E-state index in [1.807, 2.05) is 0 Å². The van der Waals surface area contributed by atoms with E-state index in [1.165, 1.54) is 0 Å². The van der Waals surface area contributed by atoms with Crippen LogP contribution in [0.25, 0.3) is 0 Å². The van der Waals surface area contributed by atoms with Gasteiger partial charge in [0.15, 0.2) is 0 Å². The SMILES string of the molecule is NCCCCC(NC(=O)C(N)CCC(N)=O)C(=O)NC(CS)C(=O)NCC(=O)O. The Morgan fingerprint density at radius 3 is 2.07 bits per heavy atom. The second-order valence-corrected chi connectivity index (χ2v) is 6.68. The van der Waals surface area contributed by atoms with Gasteiger partial charge in [0.25, 0.3) is 0 Å². The third kappa shape index (κ3) is 11.9. The number of primary amides is 1. The lowest BCUT2D eigenvalue weighted by atomic mass is 10.1. The quantitative estimate of drug-likeness (QED) is 0.0966. The van der Waals surface area contributed by atoms with Crippen molar-refractivity contribution < 1.29 is 29.1 Å². The molecule has 0 rings (SSSR count). The van der Waals surface area contributed by atoms with Gasteiger partial charge in [-0.3, -0.25) is 24.0 Å². The first-order chi connectivity index (χ1) is 13.6. The van der Waals surface area contributed by atoms with Crippen molar-refractivity contribution in [2.24, 2.45) is 17.2 Å². The maximum Gasteiger partial charge on any atom is 0.322 e. The molecule has 0 aliphatic carbocycles. The fourth-order valence-electron chi connectivity index (χ4n) is 2.22. The summed E-state index contributed by atoms with van der Waals surface area (Å²) in [5.74, 6) is -3.94. The van der Waals surface area contributed by atoms with Crippen LogP contribution in [0.5, 0.6) is 0 Å². The number of carbonyl (C=O) groups excluding carboxylic acids is 4. The van der Waals surface area contributed by atoms with E-state index in [4.69, 9.17) is 22.3 Å². The second-order valence-electron chi connectivity index (χ2n) is 6.31. The number of rotatable bonds is 15. The molecule has 166 valence electrons. The van der Waals surface area contributed by atoms with E-state index in [9.17, 15) is 24.0 Å². The number of nitrogens with two attached hydrogens (primary N) is 3. The molecule has 0 saturated carbocycles. The van der Waals surface area contributed by atoms with Crippen molar-refractivity contribution in [3.63, 3.8) is 0 Å². The molecule has 0 radical (unpaired) electrons. The van der Waals surface area contributed by atoms with Gasteiger partial charge in [-0.05, 0) is 32.2 Å². The molecule has 0 aromatic heterocycles. The minimum Gasteiger partial charge on any atom is -0.480 e. The van der Waals surface area contributed by atoms with Crippen molar-refractivity contribution in [1.82, 2.24) is 16.0 Å². The molecule has 0 aromatic carbocycles. The Labute approximate surface area is 174 Å². The van der Waals surface area contributed by atoms with E-state index in [0.717, 1.165) is 0 Å². The number of carboxylic acids is 1. The predicted molar refractivity (Wildman–Crippen MR) is 108 cm³/mol. The lowest BCUT2D eigenvalue weighted by Crippen LogP contribution is -2.56. The largest absolute Gasteiger partial charge is 0.480 e. The molecule has 0 spiro atoms. The Kier molecular flexibility index (Phi) is 13.4. The molecular formula is C16H30N6O6S. The average molecular weight is 435 g/mol. The fourth-order valence-corrected chi connectivity index (χ4v) is 2.48. The molecule has 10 N–H and O–H groups in total. The first-order valence-corrected chi connectivity index (χ1v) is 9.70. The molecule has 0 saturated heterocycles. The lowest BCUT2D eigenvalue weighted by Gasteiger charge is -2.23. The van der Waals surface area contributed by atoms with E-state index in [-0.39, 0.29) is 25.0 Å². The Bertz CT molecular complexity index is 590. The van der Waals surface area contributed by atoms with Gasteiger partial charge in [0.2, 0.25) is 23.6 Å². The van der Waals surface area contributed by atoms with E-state index in [2.05, 4.69) is 28.6 Å². The van der Waals surface area contributed by atoms with Gasteiger partial charge in [-0.15, -0.1) is 0 Å². The van der Waals surface area contributed by atoms with Crippen LogP contribution >= 0.6 is 12.6 Å². The molecule has 3 atom stereocenters. The van der Waals surface area contributed by atoms with Crippen LogP contribution in [-0.2, 0) is 24.0 Å². The molecule has 12 nitrogen and oxygen atoms in total. The molecule has 4 amide bonds. The Balaban J connectivity index is 4.99. The van der Waals surface area contributed by atoms with Crippen LogP contribution in [0, 0.1) is 0 Å². The second kappa shape index (κ2) is 14.6. The summed E-state index contributed by atoms with van der Waals surface area (Å²) in [6, 6.07) is -3.13. The molecule has 29 heavy (non-hydrogen) atoms. The van der Waals surface area contributed by atoms with E-state index in [1.54, 1.807) is 0 Å². The number of carboxylic acid groups (broad SMARTS) is 1. The molecule has 0 fully saturated rings. The zero-order chi connectivity index (χ0) is 22.4. The van der Waals surface area contributed by atoms with Crippen LogP contribution in [0.2, 0.25) is 0 Å². The Morgan fingerprint density at radius 2 is 1.55 bits per heavy atom. The van der Waals surface area contributed by atoms with Crippen molar-refractivity contribution in [3.05, 3.63) is 0 Å². The summed E-state index contributed by atoms with van der Waals surface area (Å²) >= 11 is 3.99. The van der Waals surface area contributed by atoms with E-state index in [0.29, 0.717) is 19.4 Å². The van der Waals surface area contributed by atoms with Gasteiger partial charge in [-0.2, -0.15) is 12.6 Å². The molecule has 0 aliphatic rings. The number of unbranched alkanes of at least 4 members (excludes halogenated alkanes) is 1. The standard InChI is InChI=1S/C16H30N6O6S/c17-6-2-1-3-10(21-14(26)9(18)4-5-12(19)23)16(28)22-11(8-29)15(27)20-7-13(24)25/h9-11,29H,1-8,17-18H2,(H2,19,23)(H,20,27)(H,21,26)(H,22,28)(H,24,25). The van der Waals surface area contributed by atoms with Crippen LogP contribution in [0.15, 0.2) is 0 Å². The normalized spacial score (nSPS) is 13.6. The van der Waals surface area contributed by atoms with Gasteiger partial charge in [0.1, 0.15) is 18.6 Å². The minimum atomic E-state index is -1.24. The zero-order valence-corrected chi connectivity index (χ0v) is 17.0. The Morgan fingerprint density at radius 1 is 0.931 bits per heavy atom. The van der Waals surface area contributed by atoms with E-state index >= 15 is 0 Å². The molecular weight excluding hydrogens is 404 g/mol. The summed E-state index contributed by atoms with van der Waals surface area (Å²) in [7, 11) is 0. The fraction of sp³-hybridized carbons (Fsp3) is 0.688. The first-order valence-electron chi connectivity index (χ1n) is 9.07. The summed E-state index contributed by atoms with van der Waals surface area (Å²) in [6.45, 7) is -0.207. The van der Waals surface area contributed by atoms with Crippen LogP contribution in [0.3, 0.4) is 0 Å². The third-order valence-electron chi connectivity index (χ3n) is 3.85. The smallest absolute Gasteiger partial charge is 0.322 e. The number of nitrogens with one attached hydrogen (secondary N) is 3. The summed E-state index contributed by atoms with van der Waals surface area (Å²) in [4.78, 5) is 58.1. The van der Waals surface area contributed by atoms with Gasteiger partial charge in [0, 0.05) is 12.2 Å². The van der Waals surface area contributed by atoms with Crippen LogP contribution in [0.1, 0.15) is 32.1 Å². The van der Waals surface area contributed by atoms with Crippen molar-refractivity contribution >= 4 is 42.2 Å². The van der Waals surface area contributed by atoms with Crippen LogP contribution in [0.4, 0.5) is 0 Å². The first kappa shape index (κ1) is 26.6. The highest BCUT2D eigenvalue weighted by molar-refractivity contribution is 7.80. The summed E-state index contributed by atoms with van der Waals surface area (Å²) in [5, 5.41) is 15.7. The van der Waals surface area contributed by atoms with Gasteiger partial charge in [-0.25, -0.2) is 0 Å². The van der Waals surface area contributed by atoms with Crippen molar-refractivity contribution in [2.45, 2.75) is 50.2 Å². The summed E-state index contributed by atoms with van der Waals surface area (Å²) in [5.41, 5.74) is 16.2. The van der Waals surface area contributed by atoms with E-state index < -0.39 is 54.3 Å². The third-order valence-corrected chi connectivity index (χ3v) is 4.21. The number of hydrogen-bond acceptors (Lipinski definition) is 8.